The van der Waals surface area contributed by atoms with Gasteiger partial charge in [-0.15, -0.1) is 11.3 Å². The summed E-state index contributed by atoms with van der Waals surface area (Å²) in [6, 6.07) is 10.7. The maximum atomic E-state index is 4.87. The number of tetrazole rings is 1. The van der Waals surface area contributed by atoms with Crippen LogP contribution in [0, 0.1) is 0 Å². The van der Waals surface area contributed by atoms with Crippen LogP contribution in [0.25, 0.3) is 16.0 Å². The highest BCUT2D eigenvalue weighted by atomic mass is 32.1. The summed E-state index contributed by atoms with van der Waals surface area (Å²) in [4.78, 5) is 12.3. The van der Waals surface area contributed by atoms with Crippen molar-refractivity contribution in [1.82, 2.24) is 35.2 Å². The van der Waals surface area contributed by atoms with Crippen LogP contribution in [-0.4, -0.2) is 62.6 Å². The molecule has 0 saturated carbocycles. The first kappa shape index (κ1) is 17.3. The van der Waals surface area contributed by atoms with Gasteiger partial charge in [0.15, 0.2) is 0 Å². The predicted octanol–water partition coefficient (Wildman–Crippen LogP) is 1.70. The third kappa shape index (κ3) is 2.97. The highest BCUT2D eigenvalue weighted by Gasteiger charge is 2.28. The van der Waals surface area contributed by atoms with Crippen LogP contribution < -0.4 is 10.2 Å². The molecule has 9 heteroatoms. The van der Waals surface area contributed by atoms with Crippen LogP contribution in [0.3, 0.4) is 0 Å². The largest absolute Gasteiger partial charge is 0.353 e. The fraction of sp³-hybridized carbons (Fsp3) is 0.400. The minimum Gasteiger partial charge on any atom is -0.353 e. The number of anilines is 1. The second-order valence-electron chi connectivity index (χ2n) is 7.69. The van der Waals surface area contributed by atoms with Crippen LogP contribution >= 0.6 is 11.3 Å². The lowest BCUT2D eigenvalue weighted by Gasteiger charge is -2.30. The zero-order valence-electron chi connectivity index (χ0n) is 16.1. The standard InChI is InChI=1S/C20H22N8S/c1-2-4-14(5-3-1)12-26-9-6-15-16(13-26)29-19-17(15)18(27-10-7-21-8-11-27)22-20-23-24-25-28(19)20/h1-5,21H,6-13H2. The van der Waals surface area contributed by atoms with E-state index in [1.165, 1.54) is 21.4 Å². The first-order valence-electron chi connectivity index (χ1n) is 10.1. The van der Waals surface area contributed by atoms with E-state index >= 15 is 0 Å². The Bertz CT molecular complexity index is 1160. The number of thiophene rings is 1. The molecule has 1 aromatic carbocycles. The van der Waals surface area contributed by atoms with E-state index in [2.05, 4.69) is 61.0 Å². The Morgan fingerprint density at radius 3 is 2.79 bits per heavy atom. The number of rotatable bonds is 3. The summed E-state index contributed by atoms with van der Waals surface area (Å²) >= 11 is 1.82. The number of hydrogen-bond acceptors (Lipinski definition) is 8. The third-order valence-electron chi connectivity index (χ3n) is 5.86. The van der Waals surface area contributed by atoms with Gasteiger partial charge in [0.25, 0.3) is 5.78 Å². The monoisotopic (exact) mass is 406 g/mol. The van der Waals surface area contributed by atoms with Crippen molar-refractivity contribution in [3.63, 3.8) is 0 Å². The molecular formula is C20H22N8S. The summed E-state index contributed by atoms with van der Waals surface area (Å²) in [5, 5.41) is 16.9. The summed E-state index contributed by atoms with van der Waals surface area (Å²) < 4.78 is 1.81. The van der Waals surface area contributed by atoms with Crippen molar-refractivity contribution in [3.8, 4) is 0 Å². The molecule has 29 heavy (non-hydrogen) atoms. The zero-order valence-corrected chi connectivity index (χ0v) is 16.9. The molecule has 0 spiro atoms. The minimum atomic E-state index is 0.589. The summed E-state index contributed by atoms with van der Waals surface area (Å²) in [7, 11) is 0. The molecule has 2 aliphatic rings. The maximum Gasteiger partial charge on any atom is 0.276 e. The maximum absolute atomic E-state index is 4.87. The molecule has 5 heterocycles. The number of aromatic nitrogens is 5. The van der Waals surface area contributed by atoms with Gasteiger partial charge in [-0.1, -0.05) is 35.4 Å². The van der Waals surface area contributed by atoms with Crippen LogP contribution in [0.1, 0.15) is 16.0 Å². The van der Waals surface area contributed by atoms with E-state index in [9.17, 15) is 0 Å². The smallest absolute Gasteiger partial charge is 0.276 e. The van der Waals surface area contributed by atoms with Crippen LogP contribution in [0.5, 0.6) is 0 Å². The van der Waals surface area contributed by atoms with Gasteiger partial charge in [-0.25, -0.2) is 0 Å². The van der Waals surface area contributed by atoms with Crippen molar-refractivity contribution < 1.29 is 0 Å². The van der Waals surface area contributed by atoms with Gasteiger partial charge in [-0.3, -0.25) is 4.90 Å². The van der Waals surface area contributed by atoms with Crippen molar-refractivity contribution in [2.45, 2.75) is 19.5 Å². The fourth-order valence-electron chi connectivity index (χ4n) is 4.44. The lowest BCUT2D eigenvalue weighted by atomic mass is 10.0. The Morgan fingerprint density at radius 2 is 1.93 bits per heavy atom. The molecule has 0 bridgehead atoms. The number of nitrogens with zero attached hydrogens (tertiary/aromatic N) is 7. The van der Waals surface area contributed by atoms with Crippen molar-refractivity contribution in [3.05, 3.63) is 46.3 Å². The second-order valence-corrected chi connectivity index (χ2v) is 8.78. The van der Waals surface area contributed by atoms with Gasteiger partial charge in [0.1, 0.15) is 10.6 Å². The Morgan fingerprint density at radius 1 is 1.07 bits per heavy atom. The molecule has 1 fully saturated rings. The van der Waals surface area contributed by atoms with Gasteiger partial charge >= 0.3 is 0 Å². The Balaban J connectivity index is 1.43. The fourth-order valence-corrected chi connectivity index (χ4v) is 5.77. The Kier molecular flexibility index (Phi) is 4.17. The first-order chi connectivity index (χ1) is 14.4. The van der Waals surface area contributed by atoms with E-state index in [1.54, 1.807) is 0 Å². The van der Waals surface area contributed by atoms with Gasteiger partial charge in [-0.2, -0.15) is 9.50 Å². The second kappa shape index (κ2) is 7.01. The van der Waals surface area contributed by atoms with Gasteiger partial charge in [0, 0.05) is 50.7 Å². The number of benzene rings is 1. The molecular weight excluding hydrogens is 384 g/mol. The van der Waals surface area contributed by atoms with Gasteiger partial charge < -0.3 is 10.2 Å². The SMILES string of the molecule is c1ccc(CN2CCc3c(sc4c3c(N3CCNCC3)nc3nnnn34)C2)cc1. The van der Waals surface area contributed by atoms with Crippen molar-refractivity contribution >= 4 is 33.1 Å². The molecule has 8 nitrogen and oxygen atoms in total. The lowest BCUT2D eigenvalue weighted by molar-refractivity contribution is 0.249. The highest BCUT2D eigenvalue weighted by Crippen LogP contribution is 2.40. The molecule has 1 saturated heterocycles. The van der Waals surface area contributed by atoms with Crippen LogP contribution in [0.2, 0.25) is 0 Å². The molecule has 2 aliphatic heterocycles. The van der Waals surface area contributed by atoms with Gasteiger partial charge in [-0.05, 0) is 28.0 Å². The Labute approximate surface area is 172 Å². The number of nitrogens with one attached hydrogen (secondary N) is 1. The van der Waals surface area contributed by atoms with Crippen molar-refractivity contribution in [1.29, 1.82) is 0 Å². The topological polar surface area (TPSA) is 74.5 Å². The highest BCUT2D eigenvalue weighted by molar-refractivity contribution is 7.19. The molecule has 6 rings (SSSR count). The molecule has 148 valence electrons. The third-order valence-corrected chi connectivity index (χ3v) is 7.05. The molecule has 0 unspecified atom stereocenters. The van der Waals surface area contributed by atoms with E-state index in [4.69, 9.17) is 4.98 Å². The van der Waals surface area contributed by atoms with E-state index in [1.807, 2.05) is 15.9 Å². The van der Waals surface area contributed by atoms with Gasteiger partial charge in [0.05, 0.1) is 5.39 Å². The van der Waals surface area contributed by atoms with Crippen LogP contribution in [-0.2, 0) is 19.5 Å². The summed E-state index contributed by atoms with van der Waals surface area (Å²) in [5.74, 6) is 1.64. The number of piperazine rings is 1. The molecule has 4 aromatic rings. The molecule has 3 aromatic heterocycles. The lowest BCUT2D eigenvalue weighted by Crippen LogP contribution is -2.44. The van der Waals surface area contributed by atoms with E-state index in [-0.39, 0.29) is 0 Å². The van der Waals surface area contributed by atoms with Crippen molar-refractivity contribution in [2.24, 2.45) is 0 Å². The van der Waals surface area contributed by atoms with Crippen molar-refractivity contribution in [2.75, 3.05) is 37.6 Å². The molecule has 0 radical (unpaired) electrons. The van der Waals surface area contributed by atoms with Crippen LogP contribution in [0.15, 0.2) is 30.3 Å². The molecule has 0 amide bonds. The number of fused-ring (bicyclic) bond motifs is 5. The number of hydrogen-bond donors (Lipinski definition) is 1. The summed E-state index contributed by atoms with van der Waals surface area (Å²) in [6.45, 7) is 6.90. The zero-order chi connectivity index (χ0) is 19.2. The van der Waals surface area contributed by atoms with E-state index < -0.39 is 0 Å². The molecule has 0 atom stereocenters. The summed E-state index contributed by atoms with van der Waals surface area (Å²) in [6.07, 6.45) is 1.04. The average molecular weight is 407 g/mol. The normalized spacial score (nSPS) is 17.9. The molecule has 0 aliphatic carbocycles. The first-order valence-corrected chi connectivity index (χ1v) is 10.9. The Hall–Kier alpha value is -2.62. The quantitative estimate of drug-likeness (QED) is 0.555. The average Bonchev–Trinajstić information content (AvgIpc) is 3.38. The van der Waals surface area contributed by atoms with E-state index in [0.717, 1.165) is 62.9 Å². The van der Waals surface area contributed by atoms with Gasteiger partial charge in [0.2, 0.25) is 0 Å². The van der Waals surface area contributed by atoms with Crippen LogP contribution in [0.4, 0.5) is 5.82 Å². The summed E-state index contributed by atoms with van der Waals surface area (Å²) in [5.41, 5.74) is 2.80. The predicted molar refractivity (Wildman–Crippen MR) is 113 cm³/mol. The minimum absolute atomic E-state index is 0.589. The molecule has 1 N–H and O–H groups in total. The van der Waals surface area contributed by atoms with E-state index in [0.29, 0.717) is 5.78 Å².